The fourth-order valence-corrected chi connectivity index (χ4v) is 6.20. The molecule has 0 spiro atoms. The lowest BCUT2D eigenvalue weighted by Gasteiger charge is -2.25. The van der Waals surface area contributed by atoms with Crippen LogP contribution in [0.3, 0.4) is 0 Å². The number of pyridine rings is 1. The van der Waals surface area contributed by atoms with Gasteiger partial charge in [-0.15, -0.1) is 0 Å². The molecule has 10 heteroatoms. The van der Waals surface area contributed by atoms with Gasteiger partial charge in [0.05, 0.1) is 10.9 Å². The molecule has 0 unspecified atom stereocenters. The predicted octanol–water partition coefficient (Wildman–Crippen LogP) is 6.29. The fraction of sp³-hybridized carbons (Fsp3) is 0.276. The molecule has 0 saturated carbocycles. The van der Waals surface area contributed by atoms with E-state index >= 15 is 0 Å². The third-order valence-electron chi connectivity index (χ3n) is 6.71. The van der Waals surface area contributed by atoms with E-state index in [1.54, 1.807) is 31.2 Å². The molecular formula is C29H29ClFN3O4S. The molecule has 2 heterocycles. The number of benzene rings is 2. The number of hydrogen-bond acceptors (Lipinski definition) is 6. The minimum atomic E-state index is -4.47. The van der Waals surface area contributed by atoms with E-state index in [0.717, 1.165) is 12.0 Å². The van der Waals surface area contributed by atoms with Gasteiger partial charge in [0.15, 0.2) is 4.90 Å². The van der Waals surface area contributed by atoms with Gasteiger partial charge in [-0.05, 0) is 66.8 Å². The summed E-state index contributed by atoms with van der Waals surface area (Å²) in [5, 5.41) is 11.9. The van der Waals surface area contributed by atoms with Crippen LogP contribution in [0.4, 0.5) is 4.39 Å². The SMILES string of the molecule is CCCCc1nc(=O)c(S(=O)(=O)c2ccc(-c3ccnc(F)c3C)cc2)c(O)n1[C@@H](CC)c1cccc(Cl)c1. The first-order valence-corrected chi connectivity index (χ1v) is 14.5. The Morgan fingerprint density at radius 1 is 1.10 bits per heavy atom. The van der Waals surface area contributed by atoms with Gasteiger partial charge in [0.25, 0.3) is 5.56 Å². The highest BCUT2D eigenvalue weighted by molar-refractivity contribution is 7.91. The van der Waals surface area contributed by atoms with Gasteiger partial charge in [0.1, 0.15) is 5.82 Å². The molecule has 2 aromatic carbocycles. The second-order valence-electron chi connectivity index (χ2n) is 9.24. The van der Waals surface area contributed by atoms with Gasteiger partial charge in [0, 0.05) is 23.2 Å². The number of hydrogen-bond donors (Lipinski definition) is 1. The molecule has 1 N–H and O–H groups in total. The molecule has 39 heavy (non-hydrogen) atoms. The summed E-state index contributed by atoms with van der Waals surface area (Å²) in [6, 6.07) is 13.9. The van der Waals surface area contributed by atoms with Crippen molar-refractivity contribution in [2.45, 2.75) is 62.3 Å². The van der Waals surface area contributed by atoms with Crippen LogP contribution < -0.4 is 5.56 Å². The Morgan fingerprint density at radius 2 is 1.82 bits per heavy atom. The van der Waals surface area contributed by atoms with E-state index in [2.05, 4.69) is 9.97 Å². The molecule has 0 radical (unpaired) electrons. The van der Waals surface area contributed by atoms with Crippen molar-refractivity contribution in [3.05, 3.63) is 99.1 Å². The Balaban J connectivity index is 1.87. The molecule has 0 saturated heterocycles. The highest BCUT2D eigenvalue weighted by Gasteiger charge is 2.32. The van der Waals surface area contributed by atoms with Crippen molar-refractivity contribution in [3.63, 3.8) is 0 Å². The van der Waals surface area contributed by atoms with Crippen molar-refractivity contribution in [1.82, 2.24) is 14.5 Å². The van der Waals surface area contributed by atoms with Crippen LogP contribution >= 0.6 is 11.6 Å². The van der Waals surface area contributed by atoms with Gasteiger partial charge >= 0.3 is 0 Å². The Labute approximate surface area is 231 Å². The Kier molecular flexibility index (Phi) is 8.51. The van der Waals surface area contributed by atoms with E-state index in [1.165, 1.54) is 35.0 Å². The van der Waals surface area contributed by atoms with Crippen molar-refractivity contribution in [2.24, 2.45) is 0 Å². The second kappa shape index (κ2) is 11.7. The Bertz CT molecular complexity index is 1670. The van der Waals surface area contributed by atoms with E-state index in [0.29, 0.717) is 46.8 Å². The average molecular weight is 570 g/mol. The summed E-state index contributed by atoms with van der Waals surface area (Å²) < 4.78 is 42.8. The Morgan fingerprint density at radius 3 is 2.46 bits per heavy atom. The summed E-state index contributed by atoms with van der Waals surface area (Å²) in [7, 11) is -4.47. The maximum atomic E-state index is 13.9. The van der Waals surface area contributed by atoms with Crippen molar-refractivity contribution < 1.29 is 17.9 Å². The molecule has 0 amide bonds. The standard InChI is InChI=1S/C29H29ClFN3O4S/c1-4-6-10-25-33-28(35)26(29(36)34(25)24(5-2)20-8-7-9-21(30)17-20)39(37,38)22-13-11-19(12-14-22)23-15-16-32-27(31)18(23)3/h7-9,11-17,24,36H,4-6,10H2,1-3H3/t24-/m0/s1. The van der Waals surface area contributed by atoms with Gasteiger partial charge in [-0.2, -0.15) is 9.37 Å². The largest absolute Gasteiger partial charge is 0.493 e. The zero-order valence-electron chi connectivity index (χ0n) is 21.9. The van der Waals surface area contributed by atoms with Gasteiger partial charge in [-0.3, -0.25) is 9.36 Å². The quantitative estimate of drug-likeness (QED) is 0.238. The number of aromatic hydroxyl groups is 1. The van der Waals surface area contributed by atoms with Crippen LogP contribution in [0.5, 0.6) is 5.88 Å². The zero-order chi connectivity index (χ0) is 28.3. The first kappa shape index (κ1) is 28.4. The van der Waals surface area contributed by atoms with Crippen LogP contribution in [-0.2, 0) is 16.3 Å². The first-order chi connectivity index (χ1) is 18.6. The second-order valence-corrected chi connectivity index (χ2v) is 11.6. The van der Waals surface area contributed by atoms with E-state index in [1.807, 2.05) is 19.9 Å². The lowest BCUT2D eigenvalue weighted by atomic mass is 10.0. The number of aromatic nitrogens is 3. The topological polar surface area (TPSA) is 102 Å². The summed E-state index contributed by atoms with van der Waals surface area (Å²) >= 11 is 6.22. The summed E-state index contributed by atoms with van der Waals surface area (Å²) in [5.74, 6) is -0.978. The minimum absolute atomic E-state index is 0.198. The normalized spacial score (nSPS) is 12.4. The van der Waals surface area contributed by atoms with E-state index in [4.69, 9.17) is 11.6 Å². The van der Waals surface area contributed by atoms with Gasteiger partial charge in [-0.1, -0.05) is 56.1 Å². The predicted molar refractivity (Wildman–Crippen MR) is 148 cm³/mol. The summed E-state index contributed by atoms with van der Waals surface area (Å²) in [5.41, 5.74) is 1.19. The lowest BCUT2D eigenvalue weighted by Crippen LogP contribution is -2.27. The van der Waals surface area contributed by atoms with Crippen molar-refractivity contribution >= 4 is 21.4 Å². The summed E-state index contributed by atoms with van der Waals surface area (Å²) in [6.45, 7) is 5.46. The monoisotopic (exact) mass is 569 g/mol. The first-order valence-electron chi connectivity index (χ1n) is 12.7. The molecule has 0 bridgehead atoms. The molecule has 0 aliphatic heterocycles. The number of halogens is 2. The highest BCUT2D eigenvalue weighted by atomic mass is 35.5. The van der Waals surface area contributed by atoms with Crippen LogP contribution in [0.25, 0.3) is 11.1 Å². The molecule has 4 rings (SSSR count). The van der Waals surface area contributed by atoms with E-state index in [-0.39, 0.29) is 4.90 Å². The molecular weight excluding hydrogens is 541 g/mol. The smallest absolute Gasteiger partial charge is 0.296 e. The fourth-order valence-electron chi connectivity index (χ4n) is 4.66. The van der Waals surface area contributed by atoms with Crippen LogP contribution in [-0.4, -0.2) is 28.1 Å². The zero-order valence-corrected chi connectivity index (χ0v) is 23.4. The third-order valence-corrected chi connectivity index (χ3v) is 8.73. The number of unbranched alkanes of at least 4 members (excludes halogenated alkanes) is 1. The molecule has 0 fully saturated rings. The maximum Gasteiger partial charge on any atom is 0.296 e. The van der Waals surface area contributed by atoms with Crippen LogP contribution in [0, 0.1) is 12.9 Å². The summed E-state index contributed by atoms with van der Waals surface area (Å²) in [4.78, 5) is 19.9. The summed E-state index contributed by atoms with van der Waals surface area (Å²) in [6.07, 6.45) is 3.71. The molecule has 7 nitrogen and oxygen atoms in total. The number of sulfone groups is 1. The molecule has 204 valence electrons. The van der Waals surface area contributed by atoms with Crippen LogP contribution in [0.2, 0.25) is 5.02 Å². The van der Waals surface area contributed by atoms with Crippen molar-refractivity contribution in [2.75, 3.05) is 0 Å². The van der Waals surface area contributed by atoms with Gasteiger partial charge < -0.3 is 5.11 Å². The number of aryl methyl sites for hydroxylation is 1. The van der Waals surface area contributed by atoms with Crippen LogP contribution in [0.15, 0.2) is 75.4 Å². The van der Waals surface area contributed by atoms with E-state index in [9.17, 15) is 22.7 Å². The Hall–Kier alpha value is -3.56. The molecule has 0 aliphatic rings. The lowest BCUT2D eigenvalue weighted by molar-refractivity contribution is 0.358. The van der Waals surface area contributed by atoms with Crippen molar-refractivity contribution in [1.29, 1.82) is 0 Å². The van der Waals surface area contributed by atoms with Crippen molar-refractivity contribution in [3.8, 4) is 17.0 Å². The average Bonchev–Trinajstić information content (AvgIpc) is 2.90. The van der Waals surface area contributed by atoms with Crippen LogP contribution in [0.1, 0.15) is 56.1 Å². The molecule has 2 aromatic heterocycles. The van der Waals surface area contributed by atoms with Gasteiger partial charge in [-0.25, -0.2) is 13.4 Å². The molecule has 4 aromatic rings. The molecule has 1 atom stereocenters. The highest BCUT2D eigenvalue weighted by Crippen LogP contribution is 2.34. The maximum absolute atomic E-state index is 13.9. The molecule has 0 aliphatic carbocycles. The minimum Gasteiger partial charge on any atom is -0.493 e. The number of rotatable bonds is 9. The van der Waals surface area contributed by atoms with Gasteiger partial charge in [0.2, 0.25) is 21.7 Å². The third kappa shape index (κ3) is 5.60. The van der Waals surface area contributed by atoms with E-state index < -0.39 is 38.2 Å². The number of nitrogens with zero attached hydrogens (tertiary/aromatic N) is 3.